The van der Waals surface area contributed by atoms with Gasteiger partial charge in [0.25, 0.3) is 0 Å². The molecule has 1 aliphatic heterocycles. The highest BCUT2D eigenvalue weighted by molar-refractivity contribution is 4.82. The van der Waals surface area contributed by atoms with Gasteiger partial charge in [0.05, 0.1) is 12.7 Å². The van der Waals surface area contributed by atoms with E-state index < -0.39 is 6.10 Å². The molecule has 0 aromatic carbocycles. The molecule has 0 amide bonds. The summed E-state index contributed by atoms with van der Waals surface area (Å²) in [6.45, 7) is 3.79. The van der Waals surface area contributed by atoms with Crippen molar-refractivity contribution in [2.24, 2.45) is 5.73 Å². The smallest absolute Gasteiger partial charge is 0.0897 e. The second-order valence-corrected chi connectivity index (χ2v) is 3.98. The molecule has 84 valence electrons. The summed E-state index contributed by atoms with van der Waals surface area (Å²) >= 11 is 0. The molecule has 1 rings (SSSR count). The third kappa shape index (κ3) is 3.18. The number of hydrogen-bond donors (Lipinski definition) is 3. The first-order valence-corrected chi connectivity index (χ1v) is 5.09. The number of hydrogen-bond acceptors (Lipinski definition) is 5. The second-order valence-electron chi connectivity index (χ2n) is 3.98. The second kappa shape index (κ2) is 5.63. The Kier molecular flexibility index (Phi) is 4.77. The molecule has 0 saturated carbocycles. The monoisotopic (exact) mass is 203 g/mol. The lowest BCUT2D eigenvalue weighted by Crippen LogP contribution is -2.56. The maximum absolute atomic E-state index is 9.34. The normalized spacial score (nSPS) is 27.9. The van der Waals surface area contributed by atoms with E-state index in [1.54, 1.807) is 0 Å². The van der Waals surface area contributed by atoms with Crippen molar-refractivity contribution < 1.29 is 10.2 Å². The summed E-state index contributed by atoms with van der Waals surface area (Å²) in [5, 5.41) is 18.1. The van der Waals surface area contributed by atoms with Crippen molar-refractivity contribution in [1.29, 1.82) is 0 Å². The van der Waals surface area contributed by atoms with Gasteiger partial charge in [-0.3, -0.25) is 4.90 Å². The Morgan fingerprint density at radius 1 is 1.50 bits per heavy atom. The number of nitrogens with two attached hydrogens (primary N) is 1. The summed E-state index contributed by atoms with van der Waals surface area (Å²) in [6.07, 6.45) is -0.646. The Balaban J connectivity index is 2.41. The molecule has 0 bridgehead atoms. The molecule has 4 N–H and O–H groups in total. The maximum atomic E-state index is 9.34. The van der Waals surface area contributed by atoms with Crippen LogP contribution in [0.3, 0.4) is 0 Å². The highest BCUT2D eigenvalue weighted by Gasteiger charge is 2.25. The molecular formula is C9H21N3O2. The molecule has 1 aliphatic rings. The molecule has 0 spiro atoms. The predicted molar refractivity (Wildman–Crippen MR) is 55.0 cm³/mol. The SMILES string of the molecule is CN1CCN(CC(O)CO)C(CN)C1. The van der Waals surface area contributed by atoms with Crippen molar-refractivity contribution in [2.45, 2.75) is 12.1 Å². The van der Waals surface area contributed by atoms with Crippen LogP contribution in [-0.2, 0) is 0 Å². The maximum Gasteiger partial charge on any atom is 0.0897 e. The molecule has 14 heavy (non-hydrogen) atoms. The van der Waals surface area contributed by atoms with E-state index in [0.717, 1.165) is 19.6 Å². The van der Waals surface area contributed by atoms with Crippen molar-refractivity contribution in [2.75, 3.05) is 46.4 Å². The van der Waals surface area contributed by atoms with Crippen LogP contribution >= 0.6 is 0 Å². The summed E-state index contributed by atoms with van der Waals surface area (Å²) in [4.78, 5) is 4.39. The molecule has 0 aromatic heterocycles. The topological polar surface area (TPSA) is 73.0 Å². The average molecular weight is 203 g/mol. The standard InChI is InChI=1S/C9H21N3O2/c1-11-2-3-12(6-9(14)7-13)8(4-10)5-11/h8-9,13-14H,2-7,10H2,1H3. The lowest BCUT2D eigenvalue weighted by atomic mass is 10.1. The molecule has 1 saturated heterocycles. The Morgan fingerprint density at radius 3 is 2.79 bits per heavy atom. The number of rotatable bonds is 4. The van der Waals surface area contributed by atoms with Crippen molar-refractivity contribution in [3.05, 3.63) is 0 Å². The first kappa shape index (κ1) is 11.9. The molecule has 5 nitrogen and oxygen atoms in total. The summed E-state index contributed by atoms with van der Waals surface area (Å²) in [6, 6.07) is 0.301. The summed E-state index contributed by atoms with van der Waals surface area (Å²) in [5.41, 5.74) is 5.66. The molecule has 1 fully saturated rings. The fourth-order valence-corrected chi connectivity index (χ4v) is 1.84. The first-order valence-electron chi connectivity index (χ1n) is 5.09. The van der Waals surface area contributed by atoms with Crippen LogP contribution in [0.15, 0.2) is 0 Å². The third-order valence-corrected chi connectivity index (χ3v) is 2.74. The Hall–Kier alpha value is -0.200. The summed E-state index contributed by atoms with van der Waals surface area (Å²) < 4.78 is 0. The van der Waals surface area contributed by atoms with Gasteiger partial charge in [-0.05, 0) is 7.05 Å². The number of aliphatic hydroxyl groups excluding tert-OH is 2. The zero-order chi connectivity index (χ0) is 10.6. The van der Waals surface area contributed by atoms with E-state index in [1.165, 1.54) is 0 Å². The summed E-state index contributed by atoms with van der Waals surface area (Å²) in [7, 11) is 2.07. The Labute approximate surface area is 85.1 Å². The van der Waals surface area contributed by atoms with Crippen LogP contribution < -0.4 is 5.73 Å². The van der Waals surface area contributed by atoms with Crippen molar-refractivity contribution in [3.63, 3.8) is 0 Å². The van der Waals surface area contributed by atoms with Crippen molar-refractivity contribution >= 4 is 0 Å². The zero-order valence-electron chi connectivity index (χ0n) is 8.76. The molecule has 0 aliphatic carbocycles. The van der Waals surface area contributed by atoms with Crippen molar-refractivity contribution in [3.8, 4) is 0 Å². The number of nitrogens with zero attached hydrogens (tertiary/aromatic N) is 2. The van der Waals surface area contributed by atoms with Gasteiger partial charge in [0.1, 0.15) is 0 Å². The molecular weight excluding hydrogens is 182 g/mol. The first-order chi connectivity index (χ1) is 6.67. The lowest BCUT2D eigenvalue weighted by Gasteiger charge is -2.40. The van der Waals surface area contributed by atoms with E-state index in [4.69, 9.17) is 10.8 Å². The van der Waals surface area contributed by atoms with Gasteiger partial charge in [-0.2, -0.15) is 0 Å². The molecule has 5 heteroatoms. The van der Waals surface area contributed by atoms with Crippen LogP contribution in [0.25, 0.3) is 0 Å². The van der Waals surface area contributed by atoms with Crippen LogP contribution in [-0.4, -0.2) is 78.5 Å². The number of aliphatic hydroxyl groups is 2. The van der Waals surface area contributed by atoms with E-state index in [2.05, 4.69) is 16.8 Å². The van der Waals surface area contributed by atoms with Gasteiger partial charge in [0.2, 0.25) is 0 Å². The van der Waals surface area contributed by atoms with Gasteiger partial charge in [-0.1, -0.05) is 0 Å². The highest BCUT2D eigenvalue weighted by Crippen LogP contribution is 2.07. The van der Waals surface area contributed by atoms with Gasteiger partial charge in [-0.15, -0.1) is 0 Å². The number of β-amino-alcohol motifs (C(OH)–C–C–N with tert-alkyl or cyclic N) is 1. The molecule has 0 radical (unpaired) electrons. The molecule has 0 aromatic rings. The number of piperazine rings is 1. The summed E-state index contributed by atoms with van der Waals surface area (Å²) in [5.74, 6) is 0. The van der Waals surface area contributed by atoms with E-state index in [9.17, 15) is 5.11 Å². The van der Waals surface area contributed by atoms with Crippen LogP contribution in [0.4, 0.5) is 0 Å². The Morgan fingerprint density at radius 2 is 2.21 bits per heavy atom. The Bertz CT molecular complexity index is 168. The van der Waals surface area contributed by atoms with Gasteiger partial charge in [-0.25, -0.2) is 0 Å². The molecule has 2 atom stereocenters. The third-order valence-electron chi connectivity index (χ3n) is 2.74. The fraction of sp³-hybridized carbons (Fsp3) is 1.00. The van der Waals surface area contributed by atoms with Gasteiger partial charge < -0.3 is 20.8 Å². The van der Waals surface area contributed by atoms with E-state index in [1.807, 2.05) is 0 Å². The number of likely N-dealkylation sites (N-methyl/N-ethyl adjacent to an activating group) is 1. The van der Waals surface area contributed by atoms with Crippen LogP contribution in [0.2, 0.25) is 0 Å². The van der Waals surface area contributed by atoms with E-state index in [0.29, 0.717) is 19.1 Å². The fourth-order valence-electron chi connectivity index (χ4n) is 1.84. The minimum Gasteiger partial charge on any atom is -0.394 e. The quantitative estimate of drug-likeness (QED) is 0.489. The minimum absolute atomic E-state index is 0.177. The van der Waals surface area contributed by atoms with Gasteiger partial charge in [0, 0.05) is 38.8 Å². The zero-order valence-corrected chi connectivity index (χ0v) is 8.76. The van der Waals surface area contributed by atoms with Gasteiger partial charge in [0.15, 0.2) is 0 Å². The predicted octanol–water partition coefficient (Wildman–Crippen LogP) is -2.09. The van der Waals surface area contributed by atoms with Crippen LogP contribution in [0.5, 0.6) is 0 Å². The van der Waals surface area contributed by atoms with Crippen LogP contribution in [0, 0.1) is 0 Å². The highest BCUT2D eigenvalue weighted by atomic mass is 16.3. The van der Waals surface area contributed by atoms with Crippen molar-refractivity contribution in [1.82, 2.24) is 9.80 Å². The molecule has 2 unspecified atom stereocenters. The van der Waals surface area contributed by atoms with E-state index >= 15 is 0 Å². The minimum atomic E-state index is -0.646. The largest absolute Gasteiger partial charge is 0.394 e. The molecule has 1 heterocycles. The lowest BCUT2D eigenvalue weighted by molar-refractivity contribution is 0.0197. The van der Waals surface area contributed by atoms with Gasteiger partial charge >= 0.3 is 0 Å². The van der Waals surface area contributed by atoms with E-state index in [-0.39, 0.29) is 6.61 Å². The average Bonchev–Trinajstić information content (AvgIpc) is 2.20. The van der Waals surface area contributed by atoms with Crippen LogP contribution in [0.1, 0.15) is 0 Å².